The van der Waals surface area contributed by atoms with Crippen molar-refractivity contribution in [1.29, 1.82) is 0 Å². The number of fused-ring (bicyclic) bond motifs is 2. The van der Waals surface area contributed by atoms with Crippen molar-refractivity contribution in [2.75, 3.05) is 18.4 Å². The van der Waals surface area contributed by atoms with Crippen LogP contribution in [-0.4, -0.2) is 38.2 Å². The maximum Gasteiger partial charge on any atom is 0.146 e. The van der Waals surface area contributed by atoms with E-state index in [1.54, 1.807) is 11.3 Å². The lowest BCUT2D eigenvalue weighted by Crippen LogP contribution is -2.20. The molecule has 1 aromatic carbocycles. The fourth-order valence-corrected chi connectivity index (χ4v) is 5.16. The smallest absolute Gasteiger partial charge is 0.146 e. The Morgan fingerprint density at radius 3 is 2.89 bits per heavy atom. The van der Waals surface area contributed by atoms with E-state index in [4.69, 9.17) is 9.97 Å². The van der Waals surface area contributed by atoms with Crippen molar-refractivity contribution < 1.29 is 0 Å². The van der Waals surface area contributed by atoms with E-state index in [0.717, 1.165) is 64.5 Å². The minimum Gasteiger partial charge on any atom is -0.340 e. The van der Waals surface area contributed by atoms with Crippen LogP contribution in [0.1, 0.15) is 36.0 Å². The Hall–Kier alpha value is -2.51. The summed E-state index contributed by atoms with van der Waals surface area (Å²) >= 11 is 1.80. The lowest BCUT2D eigenvalue weighted by atomic mass is 10.1. The Morgan fingerprint density at radius 1 is 1.21 bits per heavy atom. The summed E-state index contributed by atoms with van der Waals surface area (Å²) in [5.41, 5.74) is 3.32. The molecule has 2 N–H and O–H groups in total. The highest BCUT2D eigenvalue weighted by atomic mass is 32.1. The first-order valence-corrected chi connectivity index (χ1v) is 10.7. The van der Waals surface area contributed by atoms with Gasteiger partial charge in [0.1, 0.15) is 16.5 Å². The minimum absolute atomic E-state index is 0.822. The summed E-state index contributed by atoms with van der Waals surface area (Å²) in [5.74, 6) is 1.81. The van der Waals surface area contributed by atoms with E-state index in [2.05, 4.69) is 52.5 Å². The number of aromatic amines is 1. The third-order valence-corrected chi connectivity index (χ3v) is 6.85. The van der Waals surface area contributed by atoms with Gasteiger partial charge in [-0.15, -0.1) is 11.3 Å². The van der Waals surface area contributed by atoms with Crippen molar-refractivity contribution in [2.45, 2.75) is 39.7 Å². The number of hydrogen-bond acceptors (Lipinski definition) is 6. The number of benzene rings is 1. The summed E-state index contributed by atoms with van der Waals surface area (Å²) in [5, 5.41) is 13.0. The molecule has 1 fully saturated rings. The zero-order valence-corrected chi connectivity index (χ0v) is 17.1. The van der Waals surface area contributed by atoms with Crippen LogP contribution in [0.3, 0.4) is 0 Å². The fourth-order valence-electron chi connectivity index (χ4n) is 4.02. The van der Waals surface area contributed by atoms with Crippen molar-refractivity contribution in [3.63, 3.8) is 0 Å². The van der Waals surface area contributed by atoms with Crippen LogP contribution in [0.15, 0.2) is 24.4 Å². The molecule has 4 aromatic rings. The lowest BCUT2D eigenvalue weighted by molar-refractivity contribution is 0.323. The predicted octanol–water partition coefficient (Wildman–Crippen LogP) is 4.78. The van der Waals surface area contributed by atoms with Crippen molar-refractivity contribution in [3.8, 4) is 0 Å². The van der Waals surface area contributed by atoms with Gasteiger partial charge in [0, 0.05) is 16.0 Å². The van der Waals surface area contributed by atoms with Crippen molar-refractivity contribution in [3.05, 3.63) is 40.7 Å². The van der Waals surface area contributed by atoms with Gasteiger partial charge in [0.25, 0.3) is 0 Å². The van der Waals surface area contributed by atoms with Crippen LogP contribution in [0.4, 0.5) is 11.5 Å². The molecule has 0 aliphatic carbocycles. The molecule has 0 spiro atoms. The van der Waals surface area contributed by atoms with Crippen LogP contribution in [0.5, 0.6) is 0 Å². The molecule has 144 valence electrons. The summed E-state index contributed by atoms with van der Waals surface area (Å²) in [6.45, 7) is 7.50. The van der Waals surface area contributed by atoms with Gasteiger partial charge in [0.2, 0.25) is 0 Å². The molecule has 0 bridgehead atoms. The molecule has 0 radical (unpaired) electrons. The Bertz CT molecular complexity index is 1140. The highest BCUT2D eigenvalue weighted by Crippen LogP contribution is 2.36. The summed E-state index contributed by atoms with van der Waals surface area (Å²) in [7, 11) is 0. The first-order valence-electron chi connectivity index (χ1n) is 9.92. The van der Waals surface area contributed by atoms with E-state index in [1.165, 1.54) is 23.3 Å². The number of aryl methyl sites for hydroxylation is 2. The molecule has 3 aromatic heterocycles. The predicted molar refractivity (Wildman–Crippen MR) is 115 cm³/mol. The van der Waals surface area contributed by atoms with E-state index in [1.807, 2.05) is 6.20 Å². The Morgan fingerprint density at radius 2 is 2.07 bits per heavy atom. The van der Waals surface area contributed by atoms with Gasteiger partial charge in [0.05, 0.1) is 23.6 Å². The zero-order chi connectivity index (χ0) is 19.1. The minimum atomic E-state index is 0.822. The number of rotatable bonds is 5. The molecule has 1 aliphatic rings. The number of anilines is 2. The number of hydrogen-bond donors (Lipinski definition) is 2. The molecule has 1 saturated heterocycles. The van der Waals surface area contributed by atoms with Gasteiger partial charge in [-0.25, -0.2) is 9.97 Å². The van der Waals surface area contributed by atoms with Gasteiger partial charge >= 0.3 is 0 Å². The number of thiophene rings is 1. The molecule has 6 nitrogen and oxygen atoms in total. The molecule has 4 heterocycles. The SMILES string of the molecule is CCc1sc2nc(CN3CCCC3)nc(Nc3ccc4cn[nH]c4c3)c2c1C. The molecule has 7 heteroatoms. The molecule has 0 atom stereocenters. The number of likely N-dealkylation sites (tertiary alicyclic amines) is 1. The molecule has 28 heavy (non-hydrogen) atoms. The van der Waals surface area contributed by atoms with Crippen LogP contribution < -0.4 is 5.32 Å². The van der Waals surface area contributed by atoms with Crippen LogP contribution in [-0.2, 0) is 13.0 Å². The van der Waals surface area contributed by atoms with Gasteiger partial charge in [-0.3, -0.25) is 10.00 Å². The van der Waals surface area contributed by atoms with Gasteiger partial charge in [-0.2, -0.15) is 5.10 Å². The summed E-state index contributed by atoms with van der Waals surface area (Å²) in [6.07, 6.45) is 5.41. The van der Waals surface area contributed by atoms with E-state index in [-0.39, 0.29) is 0 Å². The quantitative estimate of drug-likeness (QED) is 0.512. The molecule has 1 aliphatic heterocycles. The van der Waals surface area contributed by atoms with Crippen molar-refractivity contribution in [1.82, 2.24) is 25.1 Å². The zero-order valence-electron chi connectivity index (χ0n) is 16.2. The van der Waals surface area contributed by atoms with E-state index < -0.39 is 0 Å². The third-order valence-electron chi connectivity index (χ3n) is 5.52. The Balaban J connectivity index is 1.58. The first-order chi connectivity index (χ1) is 13.7. The highest BCUT2D eigenvalue weighted by molar-refractivity contribution is 7.18. The van der Waals surface area contributed by atoms with Crippen LogP contribution in [0, 0.1) is 6.92 Å². The summed E-state index contributed by atoms with van der Waals surface area (Å²) in [4.78, 5) is 14.8. The second-order valence-corrected chi connectivity index (χ2v) is 8.54. The number of H-pyrrole nitrogens is 1. The highest BCUT2D eigenvalue weighted by Gasteiger charge is 2.19. The maximum atomic E-state index is 4.95. The maximum absolute atomic E-state index is 4.95. The van der Waals surface area contributed by atoms with Crippen LogP contribution >= 0.6 is 11.3 Å². The summed E-state index contributed by atoms with van der Waals surface area (Å²) < 4.78 is 0. The molecular weight excluding hydrogens is 368 g/mol. The molecule has 0 saturated carbocycles. The lowest BCUT2D eigenvalue weighted by Gasteiger charge is -2.15. The second-order valence-electron chi connectivity index (χ2n) is 7.45. The summed E-state index contributed by atoms with van der Waals surface area (Å²) in [6, 6.07) is 6.23. The van der Waals surface area contributed by atoms with E-state index in [9.17, 15) is 0 Å². The van der Waals surface area contributed by atoms with Crippen molar-refractivity contribution in [2.24, 2.45) is 0 Å². The topological polar surface area (TPSA) is 69.7 Å². The Labute approximate surface area is 168 Å². The van der Waals surface area contributed by atoms with Crippen LogP contribution in [0.2, 0.25) is 0 Å². The number of nitrogens with zero attached hydrogens (tertiary/aromatic N) is 4. The fraction of sp³-hybridized carbons (Fsp3) is 0.381. The molecule has 0 amide bonds. The first kappa shape index (κ1) is 17.6. The van der Waals surface area contributed by atoms with Gasteiger partial charge in [-0.05, 0) is 63.0 Å². The number of nitrogens with one attached hydrogen (secondary N) is 2. The normalized spacial score (nSPS) is 15.1. The molecule has 0 unspecified atom stereocenters. The molecular formula is C21H24N6S. The van der Waals surface area contributed by atoms with E-state index in [0.29, 0.717) is 0 Å². The van der Waals surface area contributed by atoms with Gasteiger partial charge in [-0.1, -0.05) is 6.92 Å². The molecule has 5 rings (SSSR count). The average Bonchev–Trinajstić information content (AvgIpc) is 3.42. The van der Waals surface area contributed by atoms with Crippen molar-refractivity contribution >= 4 is 44.0 Å². The standard InChI is InChI=1S/C21H24N6S/c1-3-17-13(2)19-20(23-15-7-6-14-11-22-26-16(14)10-15)24-18(25-21(19)28-17)12-27-8-4-5-9-27/h6-7,10-11H,3-5,8-9,12H2,1-2H3,(H,22,26)(H,23,24,25). The second kappa shape index (κ2) is 7.14. The Kier molecular flexibility index (Phi) is 4.49. The van der Waals surface area contributed by atoms with Gasteiger partial charge in [0.15, 0.2) is 0 Å². The average molecular weight is 393 g/mol. The monoisotopic (exact) mass is 392 g/mol. The third kappa shape index (κ3) is 3.14. The van der Waals surface area contributed by atoms with Gasteiger partial charge < -0.3 is 5.32 Å². The van der Waals surface area contributed by atoms with Crippen LogP contribution in [0.25, 0.3) is 21.1 Å². The van der Waals surface area contributed by atoms with E-state index >= 15 is 0 Å². The number of aromatic nitrogens is 4. The largest absolute Gasteiger partial charge is 0.340 e.